The second kappa shape index (κ2) is 3.39. The predicted molar refractivity (Wildman–Crippen MR) is 39.0 cm³/mol. The Morgan fingerprint density at radius 3 is 2.30 bits per heavy atom. The lowest BCUT2D eigenvalue weighted by Crippen LogP contribution is -2.07. The van der Waals surface area contributed by atoms with Gasteiger partial charge in [-0.1, -0.05) is 0 Å². The molecular formula is C6H6ClFN2. The van der Waals surface area contributed by atoms with Crippen molar-refractivity contribution in [3.05, 3.63) is 30.1 Å². The molecule has 0 saturated heterocycles. The van der Waals surface area contributed by atoms with Crippen molar-refractivity contribution in [2.45, 2.75) is 0 Å². The summed E-state index contributed by atoms with van der Waals surface area (Å²) in [5.41, 5.74) is 3.30. The highest BCUT2D eigenvalue weighted by Crippen LogP contribution is 2.06. The van der Waals surface area contributed by atoms with Crippen molar-refractivity contribution >= 4 is 17.5 Å². The average Bonchev–Trinajstić information content (AvgIpc) is 1.95. The number of halogens is 2. The second-order valence-corrected chi connectivity index (χ2v) is 1.92. The molecule has 0 unspecified atom stereocenters. The van der Waals surface area contributed by atoms with E-state index in [2.05, 4.69) is 10.4 Å². The maximum absolute atomic E-state index is 12.2. The fraction of sp³-hybridized carbons (Fsp3) is 0. The lowest BCUT2D eigenvalue weighted by atomic mass is 10.3. The van der Waals surface area contributed by atoms with E-state index in [0.29, 0.717) is 0 Å². The molecule has 0 radical (unpaired) electrons. The fourth-order valence-corrected chi connectivity index (χ4v) is 0.697. The lowest BCUT2D eigenvalue weighted by Gasteiger charge is -1.99. The van der Waals surface area contributed by atoms with Gasteiger partial charge in [0.1, 0.15) is 5.82 Å². The zero-order valence-electron chi connectivity index (χ0n) is 5.07. The van der Waals surface area contributed by atoms with Crippen LogP contribution in [0.15, 0.2) is 24.3 Å². The summed E-state index contributed by atoms with van der Waals surface area (Å²) < 4.78 is 12.2. The van der Waals surface area contributed by atoms with Crippen LogP contribution in [0.1, 0.15) is 0 Å². The molecule has 1 aromatic carbocycles. The van der Waals surface area contributed by atoms with Gasteiger partial charge in [-0.25, -0.2) is 4.39 Å². The van der Waals surface area contributed by atoms with Gasteiger partial charge in [-0.2, -0.15) is 0 Å². The van der Waals surface area contributed by atoms with Gasteiger partial charge >= 0.3 is 0 Å². The molecule has 0 aliphatic heterocycles. The summed E-state index contributed by atoms with van der Waals surface area (Å²) in [5.74, 6) is -0.264. The molecule has 0 aliphatic carbocycles. The normalized spacial score (nSPS) is 9.40. The summed E-state index contributed by atoms with van der Waals surface area (Å²) >= 11 is 5.12. The van der Waals surface area contributed by atoms with E-state index in [-0.39, 0.29) is 5.82 Å². The van der Waals surface area contributed by atoms with E-state index in [9.17, 15) is 4.39 Å². The van der Waals surface area contributed by atoms with E-state index in [1.807, 2.05) is 0 Å². The SMILES string of the molecule is Fc1ccc(NNCl)cc1. The molecule has 0 saturated carbocycles. The van der Waals surface area contributed by atoms with Gasteiger partial charge < -0.3 is 5.43 Å². The molecule has 0 aromatic heterocycles. The van der Waals surface area contributed by atoms with Crippen molar-refractivity contribution in [1.82, 2.24) is 4.94 Å². The molecule has 0 heterocycles. The van der Waals surface area contributed by atoms with Crippen LogP contribution in [0.2, 0.25) is 0 Å². The average molecular weight is 161 g/mol. The number of benzene rings is 1. The van der Waals surface area contributed by atoms with Gasteiger partial charge in [-0.3, -0.25) is 0 Å². The van der Waals surface area contributed by atoms with Gasteiger partial charge in [0.15, 0.2) is 0 Å². The Balaban J connectivity index is 2.69. The molecule has 0 aliphatic rings. The summed E-state index contributed by atoms with van der Waals surface area (Å²) in [4.78, 5) is 2.20. The Labute approximate surface area is 63.1 Å². The highest BCUT2D eigenvalue weighted by atomic mass is 35.5. The Morgan fingerprint density at radius 1 is 1.20 bits per heavy atom. The highest BCUT2D eigenvalue weighted by Gasteiger charge is 1.89. The van der Waals surface area contributed by atoms with Crippen LogP contribution in [-0.4, -0.2) is 0 Å². The molecule has 1 rings (SSSR count). The van der Waals surface area contributed by atoms with Crippen LogP contribution >= 0.6 is 11.8 Å². The first-order valence-electron chi connectivity index (χ1n) is 2.70. The number of hydrazine groups is 1. The number of anilines is 1. The van der Waals surface area contributed by atoms with Gasteiger partial charge in [-0.05, 0) is 36.0 Å². The molecule has 10 heavy (non-hydrogen) atoms. The third-order valence-electron chi connectivity index (χ3n) is 1.04. The summed E-state index contributed by atoms with van der Waals surface area (Å²) in [6.07, 6.45) is 0. The van der Waals surface area contributed by atoms with Crippen molar-refractivity contribution in [3.63, 3.8) is 0 Å². The standard InChI is InChI=1S/C6H6ClFN2/c7-10-9-6-3-1-5(8)2-4-6/h1-4,9-10H. The van der Waals surface area contributed by atoms with E-state index in [1.165, 1.54) is 12.1 Å². The monoisotopic (exact) mass is 160 g/mol. The minimum atomic E-state index is -0.264. The van der Waals surface area contributed by atoms with Crippen LogP contribution in [0.25, 0.3) is 0 Å². The zero-order chi connectivity index (χ0) is 7.40. The lowest BCUT2D eigenvalue weighted by molar-refractivity contribution is 0.628. The highest BCUT2D eigenvalue weighted by molar-refractivity contribution is 6.13. The second-order valence-electron chi connectivity index (χ2n) is 1.73. The van der Waals surface area contributed by atoms with Gasteiger partial charge in [0, 0.05) is 0 Å². The minimum absolute atomic E-state index is 0.264. The molecule has 54 valence electrons. The molecule has 0 amide bonds. The summed E-state index contributed by atoms with van der Waals surface area (Å²) in [5, 5.41) is 0. The Kier molecular flexibility index (Phi) is 2.48. The van der Waals surface area contributed by atoms with Gasteiger partial charge in [0.05, 0.1) is 5.69 Å². The molecule has 2 N–H and O–H groups in total. The Hall–Kier alpha value is -0.800. The number of nitrogens with one attached hydrogen (secondary N) is 2. The maximum Gasteiger partial charge on any atom is 0.123 e. The van der Waals surface area contributed by atoms with Gasteiger partial charge in [0.25, 0.3) is 0 Å². The zero-order valence-corrected chi connectivity index (χ0v) is 5.82. The van der Waals surface area contributed by atoms with Crippen LogP contribution in [0, 0.1) is 5.82 Å². The van der Waals surface area contributed by atoms with Crippen LogP contribution in [0.3, 0.4) is 0 Å². The van der Waals surface area contributed by atoms with Crippen LogP contribution in [-0.2, 0) is 0 Å². The third kappa shape index (κ3) is 1.86. The van der Waals surface area contributed by atoms with Crippen LogP contribution in [0.5, 0.6) is 0 Å². The third-order valence-corrected chi connectivity index (χ3v) is 1.13. The summed E-state index contributed by atoms with van der Waals surface area (Å²) in [6.45, 7) is 0. The van der Waals surface area contributed by atoms with Crippen molar-refractivity contribution in [1.29, 1.82) is 0 Å². The molecule has 4 heteroatoms. The predicted octanol–water partition coefficient (Wildman–Crippen LogP) is 1.90. The van der Waals surface area contributed by atoms with Crippen molar-refractivity contribution in [2.75, 3.05) is 5.43 Å². The minimum Gasteiger partial charge on any atom is -0.308 e. The van der Waals surface area contributed by atoms with Crippen molar-refractivity contribution < 1.29 is 4.39 Å². The van der Waals surface area contributed by atoms with E-state index in [1.54, 1.807) is 12.1 Å². The maximum atomic E-state index is 12.2. The number of rotatable bonds is 2. The molecule has 0 spiro atoms. The largest absolute Gasteiger partial charge is 0.308 e. The first-order chi connectivity index (χ1) is 4.83. The quantitative estimate of drug-likeness (QED) is 0.510. The smallest absolute Gasteiger partial charge is 0.123 e. The van der Waals surface area contributed by atoms with Crippen molar-refractivity contribution in [2.24, 2.45) is 0 Å². The Bertz CT molecular complexity index is 199. The van der Waals surface area contributed by atoms with E-state index >= 15 is 0 Å². The molecule has 0 fully saturated rings. The van der Waals surface area contributed by atoms with E-state index < -0.39 is 0 Å². The van der Waals surface area contributed by atoms with E-state index in [0.717, 1.165) is 5.69 Å². The molecule has 2 nitrogen and oxygen atoms in total. The first kappa shape index (κ1) is 7.31. The molecular weight excluding hydrogens is 155 g/mol. The molecule has 0 atom stereocenters. The van der Waals surface area contributed by atoms with Gasteiger partial charge in [-0.15, -0.1) is 4.94 Å². The number of hydrogen-bond donors (Lipinski definition) is 2. The van der Waals surface area contributed by atoms with Crippen molar-refractivity contribution in [3.8, 4) is 0 Å². The van der Waals surface area contributed by atoms with E-state index in [4.69, 9.17) is 11.8 Å². The molecule has 0 bridgehead atoms. The summed E-state index contributed by atoms with van der Waals surface area (Å²) in [6, 6.07) is 5.84. The molecule has 1 aromatic rings. The topological polar surface area (TPSA) is 24.1 Å². The van der Waals surface area contributed by atoms with Crippen LogP contribution < -0.4 is 10.4 Å². The Morgan fingerprint density at radius 2 is 1.80 bits per heavy atom. The van der Waals surface area contributed by atoms with Gasteiger partial charge in [0.2, 0.25) is 0 Å². The first-order valence-corrected chi connectivity index (χ1v) is 3.08. The number of hydrogen-bond acceptors (Lipinski definition) is 2. The summed E-state index contributed by atoms with van der Waals surface area (Å²) in [7, 11) is 0. The van der Waals surface area contributed by atoms with Crippen LogP contribution in [0.4, 0.5) is 10.1 Å². The fourth-order valence-electron chi connectivity index (χ4n) is 0.588.